The minimum Gasteiger partial charge on any atom is -0.350 e. The molecule has 0 radical (unpaired) electrons. The van der Waals surface area contributed by atoms with Crippen LogP contribution in [0.2, 0.25) is 0 Å². The molecule has 1 aromatic carbocycles. The summed E-state index contributed by atoms with van der Waals surface area (Å²) >= 11 is 0. The second kappa shape index (κ2) is 10.4. The maximum Gasteiger partial charge on any atom is 0.251 e. The molecule has 0 aliphatic carbocycles. The fraction of sp³-hybridized carbons (Fsp3) is 0.417. The first kappa shape index (κ1) is 23.4. The lowest BCUT2D eigenvalue weighted by atomic mass is 10.1. The summed E-state index contributed by atoms with van der Waals surface area (Å²) in [5.74, 6) is -0.683. The lowest BCUT2D eigenvalue weighted by Gasteiger charge is -2.33. The molecule has 2 aliphatic heterocycles. The number of carbonyl (C=O) groups excluding carboxylic acids is 3. The van der Waals surface area contributed by atoms with Gasteiger partial charge in [-0.05, 0) is 58.0 Å². The van der Waals surface area contributed by atoms with E-state index < -0.39 is 18.1 Å². The average Bonchev–Trinajstić information content (AvgIpc) is 3.11. The number of nitrogens with one attached hydrogen (secondary N) is 3. The van der Waals surface area contributed by atoms with Crippen molar-refractivity contribution < 1.29 is 14.4 Å². The maximum atomic E-state index is 13.7. The number of amides is 3. The Hall–Kier alpha value is -3.26. The Morgan fingerprint density at radius 1 is 1.25 bits per heavy atom. The number of benzene rings is 1. The summed E-state index contributed by atoms with van der Waals surface area (Å²) in [4.78, 5) is 44.9. The molecule has 0 saturated carbocycles. The number of likely N-dealkylation sites (N-methyl/N-ethyl adjacent to an activating group) is 1. The molecule has 0 saturated heterocycles. The molecule has 2 aliphatic rings. The monoisotopic (exact) mass is 437 g/mol. The van der Waals surface area contributed by atoms with Crippen molar-refractivity contribution in [2.24, 2.45) is 4.99 Å². The molecule has 4 atom stereocenters. The number of nitrogens with zero attached hydrogens (tertiary/aromatic N) is 2. The first-order chi connectivity index (χ1) is 15.3. The summed E-state index contributed by atoms with van der Waals surface area (Å²) in [5, 5.41) is 8.70. The van der Waals surface area contributed by atoms with Gasteiger partial charge < -0.3 is 20.9 Å². The van der Waals surface area contributed by atoms with Crippen molar-refractivity contribution in [1.29, 1.82) is 0 Å². The van der Waals surface area contributed by atoms with Gasteiger partial charge in [0.25, 0.3) is 11.8 Å². The first-order valence-electron chi connectivity index (χ1n) is 10.9. The molecule has 32 heavy (non-hydrogen) atoms. The van der Waals surface area contributed by atoms with Crippen LogP contribution in [0, 0.1) is 0 Å². The van der Waals surface area contributed by atoms with E-state index in [0.717, 1.165) is 11.3 Å². The highest BCUT2D eigenvalue weighted by Crippen LogP contribution is 2.31. The van der Waals surface area contributed by atoms with Gasteiger partial charge in [-0.1, -0.05) is 24.3 Å². The number of hydrogen-bond donors (Lipinski definition) is 3. The second-order valence-electron chi connectivity index (χ2n) is 8.15. The molecule has 3 rings (SSSR count). The summed E-state index contributed by atoms with van der Waals surface area (Å²) in [6, 6.07) is 7.02. The third-order valence-electron chi connectivity index (χ3n) is 6.00. The summed E-state index contributed by atoms with van der Waals surface area (Å²) in [7, 11) is 1.69. The molecule has 2 bridgehead atoms. The Bertz CT molecular complexity index is 954. The van der Waals surface area contributed by atoms with Crippen LogP contribution in [0.3, 0.4) is 0 Å². The van der Waals surface area contributed by atoms with Crippen molar-refractivity contribution in [2.45, 2.75) is 51.4 Å². The van der Waals surface area contributed by atoms with Crippen LogP contribution in [-0.2, 0) is 9.59 Å². The third-order valence-corrected chi connectivity index (χ3v) is 6.00. The van der Waals surface area contributed by atoms with Crippen LogP contribution in [0.4, 0.5) is 0 Å². The molecule has 3 amide bonds. The van der Waals surface area contributed by atoms with Crippen molar-refractivity contribution in [3.8, 4) is 0 Å². The van der Waals surface area contributed by atoms with Crippen molar-refractivity contribution in [3.63, 3.8) is 0 Å². The molecule has 0 spiro atoms. The molecule has 0 aromatic heterocycles. The normalized spacial score (nSPS) is 25.8. The van der Waals surface area contributed by atoms with E-state index in [0.29, 0.717) is 18.5 Å². The number of fused-ring (bicyclic) bond motifs is 1. The summed E-state index contributed by atoms with van der Waals surface area (Å²) < 4.78 is 0. The molecule has 3 N–H and O–H groups in total. The largest absolute Gasteiger partial charge is 0.350 e. The van der Waals surface area contributed by atoms with E-state index in [1.54, 1.807) is 44.1 Å². The number of aliphatic imine (C=N–C) groups is 1. The first-order valence-corrected chi connectivity index (χ1v) is 10.9. The zero-order chi connectivity index (χ0) is 23.3. The van der Waals surface area contributed by atoms with Gasteiger partial charge in [0.15, 0.2) is 0 Å². The zero-order valence-corrected chi connectivity index (χ0v) is 19.0. The molecule has 2 heterocycles. The Morgan fingerprint density at radius 2 is 1.97 bits per heavy atom. The minimum absolute atomic E-state index is 0.187. The minimum atomic E-state index is -0.817. The highest BCUT2D eigenvalue weighted by Gasteiger charge is 2.39. The predicted molar refractivity (Wildman–Crippen MR) is 124 cm³/mol. The van der Waals surface area contributed by atoms with E-state index in [-0.39, 0.29) is 23.8 Å². The lowest BCUT2D eigenvalue weighted by Crippen LogP contribution is -2.57. The number of hydrogen-bond acceptors (Lipinski definition) is 5. The van der Waals surface area contributed by atoms with Crippen LogP contribution in [0.15, 0.2) is 58.7 Å². The van der Waals surface area contributed by atoms with Gasteiger partial charge in [0.2, 0.25) is 5.91 Å². The Labute approximate surface area is 188 Å². The molecule has 8 nitrogen and oxygen atoms in total. The summed E-state index contributed by atoms with van der Waals surface area (Å²) in [5.41, 5.74) is 2.40. The van der Waals surface area contributed by atoms with E-state index in [9.17, 15) is 14.4 Å². The number of rotatable bonds is 6. The molecule has 0 fully saturated rings. The fourth-order valence-corrected chi connectivity index (χ4v) is 3.90. The Morgan fingerprint density at radius 3 is 2.66 bits per heavy atom. The van der Waals surface area contributed by atoms with Gasteiger partial charge in [0.05, 0.1) is 18.1 Å². The maximum absolute atomic E-state index is 13.7. The van der Waals surface area contributed by atoms with Crippen molar-refractivity contribution >= 4 is 23.9 Å². The van der Waals surface area contributed by atoms with E-state index >= 15 is 0 Å². The zero-order valence-electron chi connectivity index (χ0n) is 19.0. The summed E-state index contributed by atoms with van der Waals surface area (Å²) in [6.07, 6.45) is 6.08. The van der Waals surface area contributed by atoms with E-state index in [1.165, 1.54) is 0 Å². The van der Waals surface area contributed by atoms with Gasteiger partial charge in [0.1, 0.15) is 6.04 Å². The topological polar surface area (TPSA) is 103 Å². The van der Waals surface area contributed by atoms with Crippen LogP contribution in [0.25, 0.3) is 0 Å². The van der Waals surface area contributed by atoms with Crippen molar-refractivity contribution in [1.82, 2.24) is 20.9 Å². The highest BCUT2D eigenvalue weighted by atomic mass is 16.2. The average molecular weight is 438 g/mol. The van der Waals surface area contributed by atoms with E-state index in [1.807, 2.05) is 37.3 Å². The quantitative estimate of drug-likeness (QED) is 0.626. The van der Waals surface area contributed by atoms with Crippen molar-refractivity contribution in [2.75, 3.05) is 13.6 Å². The molecular formula is C24H31N5O3. The second-order valence-corrected chi connectivity index (χ2v) is 8.15. The predicted octanol–water partition coefficient (Wildman–Crippen LogP) is 1.41. The van der Waals surface area contributed by atoms with E-state index in [4.69, 9.17) is 0 Å². The molecule has 8 heteroatoms. The fourth-order valence-electron chi connectivity index (χ4n) is 3.90. The SMILES string of the molecule is CN[C@@H](C)C(=O)N[C@@H]1C(=O)N2C(C)=C(/C=C\C=N\C1C)C[C@H]2CNC(=O)c1ccccc1. The third kappa shape index (κ3) is 5.13. The summed E-state index contributed by atoms with van der Waals surface area (Å²) in [6.45, 7) is 5.74. The molecule has 1 aromatic rings. The molecular weight excluding hydrogens is 406 g/mol. The van der Waals surface area contributed by atoms with Gasteiger partial charge in [-0.25, -0.2) is 0 Å². The van der Waals surface area contributed by atoms with Gasteiger partial charge in [-0.15, -0.1) is 0 Å². The van der Waals surface area contributed by atoms with Gasteiger partial charge in [0, 0.05) is 24.0 Å². The van der Waals surface area contributed by atoms with Crippen LogP contribution >= 0.6 is 0 Å². The molecule has 1 unspecified atom stereocenters. The van der Waals surface area contributed by atoms with Crippen LogP contribution in [0.5, 0.6) is 0 Å². The smallest absolute Gasteiger partial charge is 0.251 e. The Balaban J connectivity index is 1.83. The van der Waals surface area contributed by atoms with Crippen LogP contribution in [-0.4, -0.2) is 66.6 Å². The van der Waals surface area contributed by atoms with Crippen LogP contribution < -0.4 is 16.0 Å². The standard InChI is InChI=1S/C24H31N5O3/c1-15-21(28-22(30)16(2)25-4)24(32)29-17(3)19(11-8-12-26-15)13-20(29)14-27-23(31)18-9-6-5-7-10-18/h5-12,15-16,20-21,25H,13-14H2,1-4H3,(H,27,31)(H,28,30)/b11-8-,26-12+/t15?,16-,20-,21-/m0/s1. The molecule has 170 valence electrons. The van der Waals surface area contributed by atoms with E-state index in [2.05, 4.69) is 20.9 Å². The highest BCUT2D eigenvalue weighted by molar-refractivity contribution is 5.94. The van der Waals surface area contributed by atoms with Gasteiger partial charge in [-0.3, -0.25) is 19.4 Å². The number of allylic oxidation sites excluding steroid dienone is 3. The Kier molecular flexibility index (Phi) is 7.58. The van der Waals surface area contributed by atoms with Crippen LogP contribution in [0.1, 0.15) is 37.6 Å². The van der Waals surface area contributed by atoms with Gasteiger partial charge in [-0.2, -0.15) is 0 Å². The number of carbonyl (C=O) groups is 3. The van der Waals surface area contributed by atoms with Crippen molar-refractivity contribution in [3.05, 3.63) is 59.3 Å². The van der Waals surface area contributed by atoms with Gasteiger partial charge >= 0.3 is 0 Å². The lowest BCUT2D eigenvalue weighted by molar-refractivity contribution is -0.136.